The number of fused-ring (bicyclic) bond motifs is 1. The van der Waals surface area contributed by atoms with Crippen molar-refractivity contribution < 1.29 is 29.3 Å². The predicted octanol–water partition coefficient (Wildman–Crippen LogP) is 2.88. The minimum Gasteiger partial charge on any atom is -0.497 e. The molecule has 0 atom stereocenters. The van der Waals surface area contributed by atoms with Crippen LogP contribution in [0.5, 0.6) is 5.75 Å². The SMILES string of the molecule is COc1ccc(N2CCc3ccccc32)c(NC(=O)N2CCN(C)CC2)c1.O=C(O)C=CC(=O)O. The number of hydrogen-bond acceptors (Lipinski definition) is 6. The smallest absolute Gasteiger partial charge is 0.328 e. The first kappa shape index (κ1) is 25.6. The average Bonchev–Trinajstić information content (AvgIpc) is 3.27. The Hall–Kier alpha value is -4.05. The van der Waals surface area contributed by atoms with Crippen molar-refractivity contribution in [2.75, 3.05) is 57.1 Å². The largest absolute Gasteiger partial charge is 0.497 e. The monoisotopic (exact) mass is 482 g/mol. The van der Waals surface area contributed by atoms with Crippen LogP contribution in [0.15, 0.2) is 54.6 Å². The van der Waals surface area contributed by atoms with Gasteiger partial charge in [0.15, 0.2) is 0 Å². The van der Waals surface area contributed by atoms with Crippen LogP contribution in [0.1, 0.15) is 5.56 Å². The van der Waals surface area contributed by atoms with Crippen LogP contribution in [0.4, 0.5) is 21.9 Å². The number of ether oxygens (including phenoxy) is 1. The fraction of sp³-hybridized carbons (Fsp3) is 0.320. The molecule has 10 heteroatoms. The summed E-state index contributed by atoms with van der Waals surface area (Å²) in [6.45, 7) is 4.20. The molecule has 0 bridgehead atoms. The zero-order valence-electron chi connectivity index (χ0n) is 19.8. The molecule has 2 heterocycles. The zero-order chi connectivity index (χ0) is 25.4. The Labute approximate surface area is 204 Å². The molecular weight excluding hydrogens is 452 g/mol. The molecule has 2 aromatic rings. The average molecular weight is 483 g/mol. The summed E-state index contributed by atoms with van der Waals surface area (Å²) < 4.78 is 5.39. The molecule has 0 aliphatic carbocycles. The lowest BCUT2D eigenvalue weighted by molar-refractivity contribution is -0.134. The predicted molar refractivity (Wildman–Crippen MR) is 133 cm³/mol. The number of carbonyl (C=O) groups is 3. The molecule has 10 nitrogen and oxygen atoms in total. The first-order chi connectivity index (χ1) is 16.8. The molecule has 0 radical (unpaired) electrons. The van der Waals surface area contributed by atoms with E-state index in [0.717, 1.165) is 56.3 Å². The number of benzene rings is 2. The molecule has 0 spiro atoms. The Morgan fingerprint density at radius 1 is 0.914 bits per heavy atom. The number of carboxylic acid groups (broad SMARTS) is 2. The first-order valence-corrected chi connectivity index (χ1v) is 11.2. The van der Waals surface area contributed by atoms with E-state index in [1.807, 2.05) is 23.1 Å². The van der Waals surface area contributed by atoms with Crippen LogP contribution in [0, 0.1) is 0 Å². The number of rotatable bonds is 5. The van der Waals surface area contributed by atoms with Gasteiger partial charge in [0.2, 0.25) is 0 Å². The third-order valence-corrected chi connectivity index (χ3v) is 5.78. The fourth-order valence-electron chi connectivity index (χ4n) is 3.91. The second-order valence-electron chi connectivity index (χ2n) is 8.14. The van der Waals surface area contributed by atoms with Gasteiger partial charge in [-0.1, -0.05) is 18.2 Å². The maximum absolute atomic E-state index is 12.8. The summed E-state index contributed by atoms with van der Waals surface area (Å²) in [6, 6.07) is 14.3. The molecule has 0 unspecified atom stereocenters. The van der Waals surface area contributed by atoms with Gasteiger partial charge in [0.25, 0.3) is 0 Å². The summed E-state index contributed by atoms with van der Waals surface area (Å²) in [5.41, 5.74) is 4.33. The van der Waals surface area contributed by atoms with Crippen LogP contribution in [0.25, 0.3) is 0 Å². The van der Waals surface area contributed by atoms with Crippen molar-refractivity contribution >= 4 is 35.0 Å². The van der Waals surface area contributed by atoms with Crippen molar-refractivity contribution in [3.05, 3.63) is 60.2 Å². The molecule has 35 heavy (non-hydrogen) atoms. The molecule has 186 valence electrons. The first-order valence-electron chi connectivity index (χ1n) is 11.2. The summed E-state index contributed by atoms with van der Waals surface area (Å²) in [5.74, 6) is -1.78. The second-order valence-corrected chi connectivity index (χ2v) is 8.14. The highest BCUT2D eigenvalue weighted by atomic mass is 16.5. The molecule has 1 fully saturated rings. The quantitative estimate of drug-likeness (QED) is 0.556. The second kappa shape index (κ2) is 11.9. The number of nitrogens with zero attached hydrogens (tertiary/aromatic N) is 3. The van der Waals surface area contributed by atoms with Crippen molar-refractivity contribution in [3.8, 4) is 5.75 Å². The topological polar surface area (TPSA) is 123 Å². The summed E-state index contributed by atoms with van der Waals surface area (Å²) in [4.78, 5) is 38.3. The highest BCUT2D eigenvalue weighted by Gasteiger charge is 2.25. The molecule has 1 saturated heterocycles. The number of piperazine rings is 1. The van der Waals surface area contributed by atoms with Crippen molar-refractivity contribution in [2.24, 2.45) is 0 Å². The maximum Gasteiger partial charge on any atom is 0.328 e. The molecular formula is C25H30N4O6. The van der Waals surface area contributed by atoms with Gasteiger partial charge in [0, 0.05) is 56.6 Å². The minimum absolute atomic E-state index is 0.0508. The van der Waals surface area contributed by atoms with Crippen LogP contribution < -0.4 is 15.0 Å². The normalized spacial score (nSPS) is 15.3. The van der Waals surface area contributed by atoms with Crippen LogP contribution in [-0.4, -0.2) is 84.9 Å². The number of para-hydroxylation sites is 1. The van der Waals surface area contributed by atoms with E-state index in [1.54, 1.807) is 7.11 Å². The Morgan fingerprint density at radius 3 is 2.20 bits per heavy atom. The van der Waals surface area contributed by atoms with Gasteiger partial charge in [-0.15, -0.1) is 0 Å². The zero-order valence-corrected chi connectivity index (χ0v) is 19.8. The van der Waals surface area contributed by atoms with Crippen LogP contribution in [-0.2, 0) is 16.0 Å². The van der Waals surface area contributed by atoms with Gasteiger partial charge >= 0.3 is 18.0 Å². The standard InChI is InChI=1S/C21H26N4O2.C4H4O4/c1-23-11-13-24(14-12-23)21(26)22-18-15-17(27-2)7-8-20(18)25-10-9-16-5-3-4-6-19(16)25;5-3(6)1-2-4(7)8/h3-8,15H,9-14H2,1-2H3,(H,22,26);1-2H,(H,5,6)(H,7,8). The molecule has 0 aromatic heterocycles. The van der Waals surface area contributed by atoms with Gasteiger partial charge in [-0.05, 0) is 37.2 Å². The van der Waals surface area contributed by atoms with Crippen molar-refractivity contribution in [3.63, 3.8) is 0 Å². The van der Waals surface area contributed by atoms with E-state index < -0.39 is 11.9 Å². The van der Waals surface area contributed by atoms with Gasteiger partial charge in [0.05, 0.1) is 18.5 Å². The number of anilines is 3. The summed E-state index contributed by atoms with van der Waals surface area (Å²) in [6.07, 6.45) is 2.12. The molecule has 2 aliphatic rings. The molecule has 3 N–H and O–H groups in total. The Bertz CT molecular complexity index is 1080. The number of methoxy groups -OCH3 is 1. The number of carboxylic acids is 2. The van der Waals surface area contributed by atoms with Crippen molar-refractivity contribution in [2.45, 2.75) is 6.42 Å². The molecule has 0 saturated carbocycles. The Morgan fingerprint density at radius 2 is 1.57 bits per heavy atom. The fourth-order valence-corrected chi connectivity index (χ4v) is 3.91. The number of aliphatic carboxylic acids is 2. The van der Waals surface area contributed by atoms with Gasteiger partial charge in [-0.3, -0.25) is 0 Å². The van der Waals surface area contributed by atoms with E-state index in [4.69, 9.17) is 14.9 Å². The van der Waals surface area contributed by atoms with Crippen LogP contribution in [0.3, 0.4) is 0 Å². The molecule has 2 aromatic carbocycles. The number of hydrogen-bond donors (Lipinski definition) is 3. The number of nitrogens with one attached hydrogen (secondary N) is 1. The summed E-state index contributed by atoms with van der Waals surface area (Å²) in [5, 5.41) is 18.7. The lowest BCUT2D eigenvalue weighted by atomic mass is 10.1. The molecule has 2 aliphatic heterocycles. The van der Waals surface area contributed by atoms with E-state index in [0.29, 0.717) is 12.2 Å². The van der Waals surface area contributed by atoms with Gasteiger partial charge in [0.1, 0.15) is 5.75 Å². The van der Waals surface area contributed by atoms with E-state index >= 15 is 0 Å². The van der Waals surface area contributed by atoms with Crippen LogP contribution in [0.2, 0.25) is 0 Å². The summed E-state index contributed by atoms with van der Waals surface area (Å²) in [7, 11) is 3.73. The number of urea groups is 1. The highest BCUT2D eigenvalue weighted by molar-refractivity contribution is 5.95. The third-order valence-electron chi connectivity index (χ3n) is 5.78. The lowest BCUT2D eigenvalue weighted by Crippen LogP contribution is -2.48. The van der Waals surface area contributed by atoms with E-state index in [1.165, 1.54) is 11.3 Å². The number of likely N-dealkylation sites (N-methyl/N-ethyl adjacent to an activating group) is 1. The minimum atomic E-state index is -1.26. The highest BCUT2D eigenvalue weighted by Crippen LogP contribution is 2.39. The van der Waals surface area contributed by atoms with Gasteiger partial charge < -0.3 is 35.0 Å². The number of carbonyl (C=O) groups excluding carboxylic acids is 1. The Balaban J connectivity index is 0.000000371. The van der Waals surface area contributed by atoms with E-state index in [-0.39, 0.29) is 6.03 Å². The lowest BCUT2D eigenvalue weighted by Gasteiger charge is -2.33. The molecule has 2 amide bonds. The van der Waals surface area contributed by atoms with Gasteiger partial charge in [-0.25, -0.2) is 14.4 Å². The Kier molecular flexibility index (Phi) is 8.69. The van der Waals surface area contributed by atoms with E-state index in [9.17, 15) is 14.4 Å². The van der Waals surface area contributed by atoms with Gasteiger partial charge in [-0.2, -0.15) is 0 Å². The maximum atomic E-state index is 12.8. The summed E-state index contributed by atoms with van der Waals surface area (Å²) >= 11 is 0. The third kappa shape index (κ3) is 6.97. The molecule has 4 rings (SSSR count). The van der Waals surface area contributed by atoms with E-state index in [2.05, 4.69) is 46.4 Å². The van der Waals surface area contributed by atoms with Crippen molar-refractivity contribution in [1.29, 1.82) is 0 Å². The van der Waals surface area contributed by atoms with Crippen LogP contribution >= 0.6 is 0 Å². The number of amides is 2. The van der Waals surface area contributed by atoms with Crippen molar-refractivity contribution in [1.82, 2.24) is 9.80 Å².